The number of carboxylic acid groups (broad SMARTS) is 1. The molecule has 142 valence electrons. The number of fused-ring (bicyclic) bond motifs is 1. The summed E-state index contributed by atoms with van der Waals surface area (Å²) in [5.41, 5.74) is 2.45. The third kappa shape index (κ3) is 3.63. The van der Waals surface area contributed by atoms with Crippen LogP contribution < -0.4 is 4.74 Å². The third-order valence-electron chi connectivity index (χ3n) is 4.63. The van der Waals surface area contributed by atoms with Crippen LogP contribution in [0.5, 0.6) is 5.75 Å². The van der Waals surface area contributed by atoms with Crippen LogP contribution in [0.15, 0.2) is 36.4 Å². The summed E-state index contributed by atoms with van der Waals surface area (Å²) in [5.74, 6) is -1.52. The highest BCUT2D eigenvalue weighted by atomic mass is 19.3. The second kappa shape index (κ2) is 7.34. The average molecular weight is 377 g/mol. The quantitative estimate of drug-likeness (QED) is 0.677. The fourth-order valence-electron chi connectivity index (χ4n) is 3.23. The number of carbonyl (C=O) groups is 1. The minimum Gasteiger partial charge on any atom is -0.494 e. The van der Waals surface area contributed by atoms with Crippen molar-refractivity contribution in [2.45, 2.75) is 26.3 Å². The molecule has 1 heterocycles. The van der Waals surface area contributed by atoms with E-state index >= 15 is 0 Å². The summed E-state index contributed by atoms with van der Waals surface area (Å²) >= 11 is 0. The fraction of sp³-hybridized carbons (Fsp3) is 0.250. The van der Waals surface area contributed by atoms with Gasteiger partial charge in [-0.2, -0.15) is 0 Å². The molecule has 0 unspecified atom stereocenters. The number of aromatic nitrogens is 1. The van der Waals surface area contributed by atoms with Crippen LogP contribution in [0.2, 0.25) is 0 Å². The van der Waals surface area contributed by atoms with E-state index < -0.39 is 18.2 Å². The summed E-state index contributed by atoms with van der Waals surface area (Å²) < 4.78 is 46.5. The number of alkyl halides is 2. The molecule has 0 spiro atoms. The Labute approximate surface area is 153 Å². The zero-order valence-corrected chi connectivity index (χ0v) is 14.8. The van der Waals surface area contributed by atoms with Gasteiger partial charge in [-0.05, 0) is 24.1 Å². The van der Waals surface area contributed by atoms with Gasteiger partial charge in [-0.1, -0.05) is 24.3 Å². The number of halogens is 3. The van der Waals surface area contributed by atoms with Gasteiger partial charge in [0.1, 0.15) is 0 Å². The first-order valence-corrected chi connectivity index (χ1v) is 8.25. The second-order valence-electron chi connectivity index (χ2n) is 6.27. The van der Waals surface area contributed by atoms with Crippen molar-refractivity contribution in [3.05, 3.63) is 64.6 Å². The van der Waals surface area contributed by atoms with Gasteiger partial charge in [-0.3, -0.25) is 4.79 Å². The Morgan fingerprint density at radius 2 is 1.89 bits per heavy atom. The lowest BCUT2D eigenvalue weighted by Gasteiger charge is -2.10. The number of ether oxygens (including phenoxy) is 1. The largest absolute Gasteiger partial charge is 0.494 e. The highest BCUT2D eigenvalue weighted by Gasteiger charge is 2.19. The van der Waals surface area contributed by atoms with E-state index in [0.717, 1.165) is 5.56 Å². The summed E-state index contributed by atoms with van der Waals surface area (Å²) in [7, 11) is 1.34. The molecule has 27 heavy (non-hydrogen) atoms. The number of methoxy groups -OCH3 is 1. The standard InChI is InChI=1S/C20H18F3NO3/c1-11-14(8-19(25)26)15-7-18(27-2)16(21)9-17(15)24(11)10-12-3-5-13(6-4-12)20(22)23/h3-7,9,20H,8,10H2,1-2H3,(H,25,26). The number of hydrogen-bond donors (Lipinski definition) is 1. The summed E-state index contributed by atoms with van der Waals surface area (Å²) in [6.07, 6.45) is -2.76. The van der Waals surface area contributed by atoms with Gasteiger partial charge in [-0.15, -0.1) is 0 Å². The molecule has 0 saturated carbocycles. The molecule has 0 fully saturated rings. The predicted octanol–water partition coefficient (Wildman–Crippen LogP) is 4.71. The molecule has 0 radical (unpaired) electrons. The van der Waals surface area contributed by atoms with Crippen molar-refractivity contribution >= 4 is 16.9 Å². The molecule has 4 nitrogen and oxygen atoms in total. The molecule has 0 amide bonds. The molecule has 7 heteroatoms. The maximum Gasteiger partial charge on any atom is 0.307 e. The molecular formula is C20H18F3NO3. The van der Waals surface area contributed by atoms with Gasteiger partial charge < -0.3 is 14.4 Å². The van der Waals surface area contributed by atoms with E-state index in [0.29, 0.717) is 28.7 Å². The Bertz CT molecular complexity index is 994. The summed E-state index contributed by atoms with van der Waals surface area (Å²) in [6.45, 7) is 2.06. The van der Waals surface area contributed by atoms with Crippen LogP contribution in [0.1, 0.15) is 28.8 Å². The van der Waals surface area contributed by atoms with Crippen molar-refractivity contribution in [3.8, 4) is 5.75 Å². The molecule has 1 aromatic heterocycles. The molecule has 1 N–H and O–H groups in total. The van der Waals surface area contributed by atoms with E-state index in [9.17, 15) is 23.1 Å². The first-order chi connectivity index (χ1) is 12.8. The highest BCUT2D eigenvalue weighted by molar-refractivity contribution is 5.90. The minimum absolute atomic E-state index is 0.0348. The van der Waals surface area contributed by atoms with Crippen LogP contribution in [0.3, 0.4) is 0 Å². The van der Waals surface area contributed by atoms with Crippen molar-refractivity contribution in [2.24, 2.45) is 0 Å². The molecule has 0 saturated heterocycles. The first-order valence-electron chi connectivity index (χ1n) is 8.25. The lowest BCUT2D eigenvalue weighted by Crippen LogP contribution is -2.05. The van der Waals surface area contributed by atoms with Gasteiger partial charge in [0.2, 0.25) is 0 Å². The van der Waals surface area contributed by atoms with E-state index in [1.807, 2.05) is 0 Å². The molecule has 0 aliphatic rings. The van der Waals surface area contributed by atoms with Crippen LogP contribution in [-0.4, -0.2) is 22.8 Å². The molecule has 0 bridgehead atoms. The van der Waals surface area contributed by atoms with Gasteiger partial charge >= 0.3 is 5.97 Å². The van der Waals surface area contributed by atoms with Gasteiger partial charge in [0.15, 0.2) is 11.6 Å². The van der Waals surface area contributed by atoms with E-state index in [1.54, 1.807) is 23.6 Å². The molecule has 0 atom stereocenters. The fourth-order valence-corrected chi connectivity index (χ4v) is 3.23. The first kappa shape index (κ1) is 18.8. The van der Waals surface area contributed by atoms with Gasteiger partial charge in [-0.25, -0.2) is 13.2 Å². The lowest BCUT2D eigenvalue weighted by molar-refractivity contribution is -0.136. The maximum absolute atomic E-state index is 14.2. The minimum atomic E-state index is -2.54. The van der Waals surface area contributed by atoms with Crippen LogP contribution >= 0.6 is 0 Å². The third-order valence-corrected chi connectivity index (χ3v) is 4.63. The molecule has 3 aromatic rings. The average Bonchev–Trinajstić information content (AvgIpc) is 2.86. The number of benzene rings is 2. The summed E-state index contributed by atoms with van der Waals surface area (Å²) in [4.78, 5) is 11.3. The van der Waals surface area contributed by atoms with E-state index in [2.05, 4.69) is 0 Å². The molecule has 0 aliphatic heterocycles. The molecule has 3 rings (SSSR count). The van der Waals surface area contributed by atoms with E-state index in [4.69, 9.17) is 4.74 Å². The SMILES string of the molecule is COc1cc2c(CC(=O)O)c(C)n(Cc3ccc(C(F)F)cc3)c2cc1F. The highest BCUT2D eigenvalue weighted by Crippen LogP contribution is 2.32. The molecular weight excluding hydrogens is 359 g/mol. The van der Waals surface area contributed by atoms with E-state index in [1.165, 1.54) is 31.4 Å². The van der Waals surface area contributed by atoms with Gasteiger partial charge in [0.05, 0.1) is 19.0 Å². The van der Waals surface area contributed by atoms with Crippen LogP contribution in [-0.2, 0) is 17.8 Å². The van der Waals surface area contributed by atoms with Crippen molar-refractivity contribution in [2.75, 3.05) is 7.11 Å². The normalized spacial score (nSPS) is 11.3. The second-order valence-corrected chi connectivity index (χ2v) is 6.27. The Morgan fingerprint density at radius 3 is 2.44 bits per heavy atom. The predicted molar refractivity (Wildman–Crippen MR) is 95.0 cm³/mol. The Balaban J connectivity index is 2.12. The maximum atomic E-state index is 14.2. The van der Waals surface area contributed by atoms with Gasteiger partial charge in [0.25, 0.3) is 6.43 Å². The topological polar surface area (TPSA) is 51.5 Å². The molecule has 0 aliphatic carbocycles. The summed E-state index contributed by atoms with van der Waals surface area (Å²) in [6, 6.07) is 8.67. The Hall–Kier alpha value is -2.96. The van der Waals surface area contributed by atoms with Crippen molar-refractivity contribution in [1.29, 1.82) is 0 Å². The molecule has 2 aromatic carbocycles. The van der Waals surface area contributed by atoms with Crippen LogP contribution in [0, 0.1) is 12.7 Å². The zero-order valence-electron chi connectivity index (χ0n) is 14.8. The Morgan fingerprint density at radius 1 is 1.22 bits per heavy atom. The lowest BCUT2D eigenvalue weighted by atomic mass is 10.1. The van der Waals surface area contributed by atoms with Crippen molar-refractivity contribution in [1.82, 2.24) is 4.57 Å². The number of rotatable bonds is 6. The van der Waals surface area contributed by atoms with Crippen LogP contribution in [0.4, 0.5) is 13.2 Å². The number of carboxylic acids is 1. The van der Waals surface area contributed by atoms with E-state index in [-0.39, 0.29) is 17.7 Å². The van der Waals surface area contributed by atoms with Crippen molar-refractivity contribution < 1.29 is 27.8 Å². The van der Waals surface area contributed by atoms with Gasteiger partial charge in [0, 0.05) is 29.3 Å². The van der Waals surface area contributed by atoms with Crippen LogP contribution in [0.25, 0.3) is 10.9 Å². The number of nitrogens with zero attached hydrogens (tertiary/aromatic N) is 1. The zero-order chi connectivity index (χ0) is 19.7. The van der Waals surface area contributed by atoms with Crippen molar-refractivity contribution in [3.63, 3.8) is 0 Å². The number of hydrogen-bond acceptors (Lipinski definition) is 2. The summed E-state index contributed by atoms with van der Waals surface area (Å²) in [5, 5.41) is 9.82. The smallest absolute Gasteiger partial charge is 0.307 e. The Kier molecular flexibility index (Phi) is 5.12. The number of aliphatic carboxylic acids is 1. The monoisotopic (exact) mass is 377 g/mol.